The van der Waals surface area contributed by atoms with Gasteiger partial charge in [0, 0.05) is 11.8 Å². The number of hydrogen-bond donors (Lipinski definition) is 3. The maximum absolute atomic E-state index is 12.4. The second kappa shape index (κ2) is 10.2. The van der Waals surface area contributed by atoms with Gasteiger partial charge < -0.3 is 24.6 Å². The normalized spacial score (nSPS) is 10.8. The topological polar surface area (TPSA) is 140 Å². The van der Waals surface area contributed by atoms with Crippen LogP contribution in [0.15, 0.2) is 58.1 Å². The zero-order chi connectivity index (χ0) is 24.0. The minimum atomic E-state index is -3.85. The number of phenols is 1. The number of sulfonamides is 1. The lowest BCUT2D eigenvalue weighted by Gasteiger charge is -2.12. The highest BCUT2D eigenvalue weighted by Gasteiger charge is 2.19. The van der Waals surface area contributed by atoms with E-state index in [2.05, 4.69) is 10.0 Å². The predicted molar refractivity (Wildman–Crippen MR) is 122 cm³/mol. The molecule has 0 bridgehead atoms. The maximum atomic E-state index is 12.4. The molecule has 0 saturated heterocycles. The number of phenolic OH excluding ortho intramolecular Hbond substituents is 1. The quantitative estimate of drug-likeness (QED) is 0.306. The third-order valence-corrected chi connectivity index (χ3v) is 7.02. The van der Waals surface area contributed by atoms with E-state index in [9.17, 15) is 23.1 Å². The number of benzene rings is 2. The van der Waals surface area contributed by atoms with E-state index in [1.807, 2.05) is 0 Å². The van der Waals surface area contributed by atoms with Crippen LogP contribution in [0.4, 0.5) is 11.4 Å². The second-order valence-electron chi connectivity index (χ2n) is 6.46. The SMILES string of the molecule is COc1ccc(OC)c(NC(=O)COC(=O)c2cc(NS(=O)(=O)c3cccs3)ccc2O)c1. The minimum Gasteiger partial charge on any atom is -0.507 e. The molecule has 0 atom stereocenters. The van der Waals surface area contributed by atoms with Gasteiger partial charge in [0.15, 0.2) is 6.61 Å². The highest BCUT2D eigenvalue weighted by molar-refractivity contribution is 7.94. The molecule has 33 heavy (non-hydrogen) atoms. The summed E-state index contributed by atoms with van der Waals surface area (Å²) in [6, 6.07) is 11.4. The molecule has 3 aromatic rings. The van der Waals surface area contributed by atoms with Crippen LogP contribution in [0.3, 0.4) is 0 Å². The van der Waals surface area contributed by atoms with Crippen LogP contribution < -0.4 is 19.5 Å². The minimum absolute atomic E-state index is 0.0405. The lowest BCUT2D eigenvalue weighted by Crippen LogP contribution is -2.21. The number of anilines is 2. The van der Waals surface area contributed by atoms with Crippen LogP contribution in [0, 0.1) is 0 Å². The summed E-state index contributed by atoms with van der Waals surface area (Å²) in [6.45, 7) is -0.663. The number of carbonyl (C=O) groups is 2. The zero-order valence-electron chi connectivity index (χ0n) is 17.5. The first-order valence-electron chi connectivity index (χ1n) is 9.32. The molecule has 174 valence electrons. The third kappa shape index (κ3) is 5.93. The number of thiophene rings is 1. The summed E-state index contributed by atoms with van der Waals surface area (Å²) in [5.41, 5.74) is 0.0394. The van der Waals surface area contributed by atoms with E-state index < -0.39 is 34.3 Å². The Morgan fingerprint density at radius 1 is 1.06 bits per heavy atom. The number of aromatic hydroxyl groups is 1. The number of carbonyl (C=O) groups excluding carboxylic acids is 2. The Morgan fingerprint density at radius 3 is 2.52 bits per heavy atom. The fraction of sp³-hybridized carbons (Fsp3) is 0.143. The molecule has 10 nitrogen and oxygen atoms in total. The van der Waals surface area contributed by atoms with E-state index in [1.165, 1.54) is 32.4 Å². The van der Waals surface area contributed by atoms with Crippen molar-refractivity contribution in [3.05, 3.63) is 59.5 Å². The molecule has 0 aliphatic rings. The van der Waals surface area contributed by atoms with Crippen molar-refractivity contribution in [1.29, 1.82) is 0 Å². The monoisotopic (exact) mass is 492 g/mol. The van der Waals surface area contributed by atoms with Crippen molar-refractivity contribution in [1.82, 2.24) is 0 Å². The maximum Gasteiger partial charge on any atom is 0.342 e. The van der Waals surface area contributed by atoms with Crippen LogP contribution in [0.5, 0.6) is 17.2 Å². The van der Waals surface area contributed by atoms with Crippen molar-refractivity contribution in [2.45, 2.75) is 4.21 Å². The Hall–Kier alpha value is -3.77. The summed E-state index contributed by atoms with van der Waals surface area (Å²) in [5.74, 6) is -1.26. The molecule has 12 heteroatoms. The molecule has 3 rings (SSSR count). The van der Waals surface area contributed by atoms with E-state index in [4.69, 9.17) is 14.2 Å². The van der Waals surface area contributed by atoms with Crippen molar-refractivity contribution in [2.75, 3.05) is 30.9 Å². The van der Waals surface area contributed by atoms with Crippen molar-refractivity contribution < 1.29 is 37.3 Å². The average Bonchev–Trinajstić information content (AvgIpc) is 3.34. The summed E-state index contributed by atoms with van der Waals surface area (Å²) < 4.78 is 42.4. The van der Waals surface area contributed by atoms with Gasteiger partial charge in [0.25, 0.3) is 15.9 Å². The van der Waals surface area contributed by atoms with E-state index in [1.54, 1.807) is 23.6 Å². The van der Waals surface area contributed by atoms with Gasteiger partial charge in [0.2, 0.25) is 0 Å². The Balaban J connectivity index is 1.67. The average molecular weight is 493 g/mol. The smallest absolute Gasteiger partial charge is 0.342 e. The molecular weight excluding hydrogens is 472 g/mol. The van der Waals surface area contributed by atoms with Gasteiger partial charge in [0.1, 0.15) is 27.0 Å². The molecule has 0 fully saturated rings. The number of hydrogen-bond acceptors (Lipinski definition) is 9. The molecule has 0 radical (unpaired) electrons. The molecule has 1 aromatic heterocycles. The molecule has 0 unspecified atom stereocenters. The first-order valence-corrected chi connectivity index (χ1v) is 11.7. The highest BCUT2D eigenvalue weighted by atomic mass is 32.2. The number of esters is 1. The summed E-state index contributed by atoms with van der Waals surface area (Å²) in [7, 11) is -0.950. The van der Waals surface area contributed by atoms with Crippen LogP contribution in [-0.2, 0) is 19.6 Å². The molecule has 2 aromatic carbocycles. The second-order valence-corrected chi connectivity index (χ2v) is 9.32. The first kappa shape index (κ1) is 23.9. The summed E-state index contributed by atoms with van der Waals surface area (Å²) >= 11 is 1.03. The molecule has 0 spiro atoms. The molecule has 0 saturated carbocycles. The lowest BCUT2D eigenvalue weighted by atomic mass is 10.2. The number of methoxy groups -OCH3 is 2. The lowest BCUT2D eigenvalue weighted by molar-refractivity contribution is -0.119. The van der Waals surface area contributed by atoms with Gasteiger partial charge in [-0.25, -0.2) is 13.2 Å². The number of amides is 1. The van der Waals surface area contributed by atoms with E-state index in [0.717, 1.165) is 23.5 Å². The fourth-order valence-corrected chi connectivity index (χ4v) is 4.73. The Bertz CT molecular complexity index is 1260. The Labute approximate surface area is 193 Å². The third-order valence-electron chi connectivity index (χ3n) is 4.24. The van der Waals surface area contributed by atoms with Crippen molar-refractivity contribution in [2.24, 2.45) is 0 Å². The largest absolute Gasteiger partial charge is 0.507 e. The van der Waals surface area contributed by atoms with Gasteiger partial charge in [-0.2, -0.15) is 0 Å². The molecule has 3 N–H and O–H groups in total. The van der Waals surface area contributed by atoms with Crippen LogP contribution in [-0.4, -0.2) is 46.2 Å². The molecular formula is C21H20N2O8S2. The van der Waals surface area contributed by atoms with Crippen LogP contribution in [0.1, 0.15) is 10.4 Å². The Morgan fingerprint density at radius 2 is 1.85 bits per heavy atom. The van der Waals surface area contributed by atoms with Gasteiger partial charge in [-0.05, 0) is 41.8 Å². The molecule has 0 aliphatic carbocycles. The number of ether oxygens (including phenoxy) is 3. The molecule has 1 amide bonds. The summed E-state index contributed by atoms with van der Waals surface area (Å²) in [5, 5.41) is 14.2. The van der Waals surface area contributed by atoms with Gasteiger partial charge in [-0.15, -0.1) is 11.3 Å². The van der Waals surface area contributed by atoms with Crippen molar-refractivity contribution in [3.8, 4) is 17.2 Å². The van der Waals surface area contributed by atoms with Crippen LogP contribution in [0.25, 0.3) is 0 Å². The fourth-order valence-electron chi connectivity index (χ4n) is 2.69. The van der Waals surface area contributed by atoms with Crippen molar-refractivity contribution >= 4 is 44.6 Å². The van der Waals surface area contributed by atoms with Gasteiger partial charge in [-0.3, -0.25) is 9.52 Å². The highest BCUT2D eigenvalue weighted by Crippen LogP contribution is 2.29. The summed E-state index contributed by atoms with van der Waals surface area (Å²) in [4.78, 5) is 24.7. The van der Waals surface area contributed by atoms with Gasteiger partial charge >= 0.3 is 5.97 Å². The standard InChI is InChI=1S/C21H20N2O8S2/c1-29-14-6-8-18(30-2)16(11-14)22-19(25)12-31-21(26)15-10-13(5-7-17(15)24)23-33(27,28)20-4-3-9-32-20/h3-11,23-24H,12H2,1-2H3,(H,22,25). The number of nitrogens with one attached hydrogen (secondary N) is 2. The van der Waals surface area contributed by atoms with E-state index in [0.29, 0.717) is 17.2 Å². The molecule has 0 aliphatic heterocycles. The van der Waals surface area contributed by atoms with Gasteiger partial charge in [-0.1, -0.05) is 6.07 Å². The predicted octanol–water partition coefficient (Wildman–Crippen LogP) is 3.07. The molecule has 1 heterocycles. The first-order chi connectivity index (χ1) is 15.7. The van der Waals surface area contributed by atoms with Crippen molar-refractivity contribution in [3.63, 3.8) is 0 Å². The van der Waals surface area contributed by atoms with Gasteiger partial charge in [0.05, 0.1) is 19.9 Å². The van der Waals surface area contributed by atoms with E-state index >= 15 is 0 Å². The number of rotatable bonds is 9. The van der Waals surface area contributed by atoms with Crippen LogP contribution in [0.2, 0.25) is 0 Å². The van der Waals surface area contributed by atoms with Crippen LogP contribution >= 0.6 is 11.3 Å². The van der Waals surface area contributed by atoms with E-state index in [-0.39, 0.29) is 15.5 Å². The Kier molecular flexibility index (Phi) is 7.41. The zero-order valence-corrected chi connectivity index (χ0v) is 19.2. The summed E-state index contributed by atoms with van der Waals surface area (Å²) in [6.07, 6.45) is 0.